The molecule has 2 N–H and O–H groups in total. The molecular weight excluding hydrogens is 578 g/mol. The fourth-order valence-corrected chi connectivity index (χ4v) is 3.98. The van der Waals surface area contributed by atoms with E-state index in [9.17, 15) is 42.7 Å². The molecule has 14 heteroatoms. The van der Waals surface area contributed by atoms with Gasteiger partial charge in [0.1, 0.15) is 23.3 Å². The van der Waals surface area contributed by atoms with Gasteiger partial charge in [-0.3, -0.25) is 9.59 Å². The van der Waals surface area contributed by atoms with Crippen LogP contribution in [0.15, 0.2) is 24.3 Å². The number of carboxylic acids is 1. The van der Waals surface area contributed by atoms with E-state index in [2.05, 4.69) is 31.2 Å². The number of aliphatic hydroxyl groups excluding tert-OH is 2. The summed E-state index contributed by atoms with van der Waals surface area (Å²) in [6.45, 7) is -0.501. The number of hydrogen-bond donors (Lipinski definition) is 2. The van der Waals surface area contributed by atoms with E-state index in [-0.39, 0.29) is 65.5 Å². The summed E-state index contributed by atoms with van der Waals surface area (Å²) < 4.78 is 42.6. The Hall–Kier alpha value is -0.280. The summed E-state index contributed by atoms with van der Waals surface area (Å²) in [6.07, 6.45) is 19.0. The molecule has 1 unspecified atom stereocenters. The Morgan fingerprint density at radius 2 is 1.29 bits per heavy atom. The summed E-state index contributed by atoms with van der Waals surface area (Å²) in [6, 6.07) is 0. The second kappa shape index (κ2) is 27.3. The first-order valence-corrected chi connectivity index (χ1v) is 15.0. The maximum absolute atomic E-state index is 12.0. The first-order valence-electron chi connectivity index (χ1n) is 13.5. The minimum Gasteiger partial charge on any atom is -0.747 e. The van der Waals surface area contributed by atoms with Gasteiger partial charge in [-0.05, 0) is 38.5 Å². The molecule has 0 aromatic heterocycles. The topological polar surface area (TPSA) is 190 Å². The van der Waals surface area contributed by atoms with Crippen LogP contribution in [0.2, 0.25) is 0 Å². The molecule has 1 atom stereocenters. The molecule has 41 heavy (non-hydrogen) atoms. The molecule has 0 aliphatic rings. The first kappa shape index (κ1) is 45.2. The van der Waals surface area contributed by atoms with E-state index >= 15 is 0 Å². The van der Waals surface area contributed by atoms with Crippen molar-refractivity contribution in [3.63, 3.8) is 0 Å². The number of ether oxygens (including phenoxy) is 2. The van der Waals surface area contributed by atoms with Crippen LogP contribution in [0.25, 0.3) is 0 Å². The SMILES string of the molecule is CCCCC/C=C\C/C=C\CCCCCCCC(=O)OCC(CO)(CO)COC(=O)CC(C(=O)[O-])S(=O)(=O)[O-].[Na+].[Na+]. The molecule has 0 aromatic rings. The van der Waals surface area contributed by atoms with E-state index in [0.29, 0.717) is 6.42 Å². The van der Waals surface area contributed by atoms with Crippen molar-refractivity contribution in [2.75, 3.05) is 26.4 Å². The Bertz CT molecular complexity index is 872. The molecule has 0 bridgehead atoms. The quantitative estimate of drug-likeness (QED) is 0.0350. The van der Waals surface area contributed by atoms with Gasteiger partial charge in [0, 0.05) is 6.42 Å². The van der Waals surface area contributed by atoms with Gasteiger partial charge in [0.2, 0.25) is 0 Å². The van der Waals surface area contributed by atoms with Crippen molar-refractivity contribution < 1.29 is 111 Å². The third-order valence-electron chi connectivity index (χ3n) is 6.04. The number of carboxylic acid groups (broad SMARTS) is 1. The average Bonchev–Trinajstić information content (AvgIpc) is 2.89. The standard InChI is InChI=1S/C27H46O11S.2Na/c1-2-3-4-5-6-7-8-9-10-11-12-13-14-15-16-17-24(30)37-21-27(19-28,20-29)22-38-25(31)18-23(26(32)33)39(34,35)36;;/h6-7,9-10,23,28-29H,2-5,8,11-22H2,1H3,(H,32,33)(H,34,35,36);;/q;2*+1/p-2/b7-6-,10-9-;;. The van der Waals surface area contributed by atoms with E-state index < -0.39 is 71.5 Å². The van der Waals surface area contributed by atoms with Crippen molar-refractivity contribution in [2.45, 2.75) is 95.6 Å². The summed E-state index contributed by atoms with van der Waals surface area (Å²) >= 11 is 0. The number of allylic oxidation sites excluding steroid dienone is 4. The Kier molecular flexibility index (Phi) is 30.0. The number of carbonyl (C=O) groups excluding carboxylic acids is 3. The van der Waals surface area contributed by atoms with Gasteiger partial charge < -0.3 is 34.1 Å². The van der Waals surface area contributed by atoms with Crippen LogP contribution in [0.3, 0.4) is 0 Å². The van der Waals surface area contributed by atoms with Crippen LogP contribution in [0.1, 0.15) is 90.4 Å². The molecule has 0 saturated heterocycles. The Balaban J connectivity index is -0.00000722. The van der Waals surface area contributed by atoms with Gasteiger partial charge in [-0.25, -0.2) is 8.42 Å². The first-order chi connectivity index (χ1) is 18.5. The van der Waals surface area contributed by atoms with Crippen LogP contribution in [0, 0.1) is 5.41 Å². The molecule has 0 fully saturated rings. The predicted molar refractivity (Wildman–Crippen MR) is 141 cm³/mol. The molecule has 0 saturated carbocycles. The number of esters is 2. The molecule has 0 heterocycles. The van der Waals surface area contributed by atoms with E-state index in [0.717, 1.165) is 44.9 Å². The van der Waals surface area contributed by atoms with E-state index in [1.807, 2.05) is 0 Å². The maximum atomic E-state index is 12.0. The molecule has 0 aliphatic carbocycles. The molecule has 0 radical (unpaired) electrons. The molecule has 0 amide bonds. The van der Waals surface area contributed by atoms with Gasteiger partial charge >= 0.3 is 71.1 Å². The largest absolute Gasteiger partial charge is 1.00 e. The summed E-state index contributed by atoms with van der Waals surface area (Å²) in [7, 11) is -5.36. The maximum Gasteiger partial charge on any atom is 1.00 e. The Labute approximate surface area is 288 Å². The number of carbonyl (C=O) groups is 3. The van der Waals surface area contributed by atoms with Crippen molar-refractivity contribution in [1.82, 2.24) is 0 Å². The van der Waals surface area contributed by atoms with Gasteiger partial charge in [-0.1, -0.05) is 63.3 Å². The Morgan fingerprint density at radius 3 is 1.78 bits per heavy atom. The third-order valence-corrected chi connectivity index (χ3v) is 7.10. The number of aliphatic carboxylic acids is 1. The molecule has 11 nitrogen and oxygen atoms in total. The normalized spacial score (nSPS) is 12.5. The fourth-order valence-electron chi connectivity index (χ4n) is 3.41. The van der Waals surface area contributed by atoms with Crippen LogP contribution in [-0.4, -0.2) is 72.8 Å². The van der Waals surface area contributed by atoms with Crippen molar-refractivity contribution in [1.29, 1.82) is 0 Å². The van der Waals surface area contributed by atoms with Crippen molar-refractivity contribution in [3.05, 3.63) is 24.3 Å². The molecule has 226 valence electrons. The molecular formula is C27H44Na2O11S. The van der Waals surface area contributed by atoms with Gasteiger partial charge in [0.25, 0.3) is 0 Å². The fraction of sp³-hybridized carbons (Fsp3) is 0.741. The van der Waals surface area contributed by atoms with E-state index in [4.69, 9.17) is 9.47 Å². The van der Waals surface area contributed by atoms with Crippen LogP contribution >= 0.6 is 0 Å². The van der Waals surface area contributed by atoms with Crippen molar-refractivity contribution in [2.24, 2.45) is 5.41 Å². The van der Waals surface area contributed by atoms with E-state index in [1.54, 1.807) is 0 Å². The number of rotatable bonds is 24. The van der Waals surface area contributed by atoms with Crippen LogP contribution in [-0.2, 0) is 34.0 Å². The van der Waals surface area contributed by atoms with Crippen LogP contribution < -0.4 is 64.2 Å². The van der Waals surface area contributed by atoms with E-state index in [1.165, 1.54) is 19.3 Å². The molecule has 0 aliphatic heterocycles. The second-order valence-electron chi connectivity index (χ2n) is 9.62. The minimum absolute atomic E-state index is 0. The summed E-state index contributed by atoms with van der Waals surface area (Å²) in [5.74, 6) is -4.18. The predicted octanol–water partition coefficient (Wildman–Crippen LogP) is -4.08. The number of unbranched alkanes of at least 4 members (excludes halogenated alkanes) is 8. The monoisotopic (exact) mass is 622 g/mol. The smallest absolute Gasteiger partial charge is 0.747 e. The van der Waals surface area contributed by atoms with Gasteiger partial charge in [0.15, 0.2) is 0 Å². The third kappa shape index (κ3) is 23.8. The average molecular weight is 623 g/mol. The molecule has 0 rings (SSSR count). The van der Waals surface area contributed by atoms with Crippen molar-refractivity contribution >= 4 is 28.0 Å². The molecule has 0 aromatic carbocycles. The van der Waals surface area contributed by atoms with Gasteiger partial charge in [-0.15, -0.1) is 0 Å². The number of hydrogen-bond acceptors (Lipinski definition) is 11. The zero-order valence-electron chi connectivity index (χ0n) is 24.9. The minimum atomic E-state index is -5.36. The van der Waals surface area contributed by atoms with Crippen LogP contribution in [0.5, 0.6) is 0 Å². The number of aliphatic hydroxyl groups is 2. The van der Waals surface area contributed by atoms with Crippen LogP contribution in [0.4, 0.5) is 0 Å². The zero-order chi connectivity index (χ0) is 29.6. The zero-order valence-corrected chi connectivity index (χ0v) is 29.7. The van der Waals surface area contributed by atoms with Gasteiger partial charge in [-0.2, -0.15) is 0 Å². The van der Waals surface area contributed by atoms with Gasteiger partial charge in [0.05, 0.1) is 36.3 Å². The summed E-state index contributed by atoms with van der Waals surface area (Å²) in [5.41, 5.74) is -1.59. The Morgan fingerprint density at radius 1 is 0.805 bits per heavy atom. The second-order valence-corrected chi connectivity index (χ2v) is 11.2. The van der Waals surface area contributed by atoms with Crippen molar-refractivity contribution in [3.8, 4) is 0 Å². The summed E-state index contributed by atoms with van der Waals surface area (Å²) in [5, 5.41) is 27.4. The summed E-state index contributed by atoms with van der Waals surface area (Å²) in [4.78, 5) is 34.6. The molecule has 0 spiro atoms.